The largest absolute Gasteiger partial charge is 0.436 e. The molecule has 0 spiro atoms. The lowest BCUT2D eigenvalue weighted by molar-refractivity contribution is 0.102. The summed E-state index contributed by atoms with van der Waals surface area (Å²) in [6.45, 7) is 1.92. The Kier molecular flexibility index (Phi) is 5.14. The average Bonchev–Trinajstić information content (AvgIpc) is 3.20. The van der Waals surface area contributed by atoms with Crippen LogP contribution < -0.4 is 5.32 Å². The molecule has 3 aromatic carbocycles. The smallest absolute Gasteiger partial charge is 0.256 e. The Balaban J connectivity index is 1.67. The van der Waals surface area contributed by atoms with Gasteiger partial charge in [0.1, 0.15) is 5.82 Å². The molecule has 0 fully saturated rings. The molecule has 0 aliphatic heterocycles. The molecule has 0 atom stereocenters. The number of carbonyl (C=O) groups excluding carboxylic acids is 1. The maximum absolute atomic E-state index is 14.0. The van der Waals surface area contributed by atoms with Gasteiger partial charge in [0.2, 0.25) is 5.89 Å². The number of nitrogens with zero attached hydrogens (tertiary/aromatic N) is 1. The number of hydrogen-bond donors (Lipinski definition) is 1. The fraction of sp³-hybridized carbons (Fsp3) is 0.0435. The quantitative estimate of drug-likeness (QED) is 0.429. The second-order valence-corrected chi connectivity index (χ2v) is 6.90. The first kappa shape index (κ1) is 18.9. The van der Waals surface area contributed by atoms with Crippen LogP contribution in [0, 0.1) is 12.7 Å². The molecule has 1 aromatic heterocycles. The van der Waals surface area contributed by atoms with Crippen molar-refractivity contribution in [2.45, 2.75) is 6.92 Å². The highest BCUT2D eigenvalue weighted by atomic mass is 35.5. The molecule has 1 heterocycles. The maximum atomic E-state index is 14.0. The van der Waals surface area contributed by atoms with Gasteiger partial charge in [-0.3, -0.25) is 4.79 Å². The van der Waals surface area contributed by atoms with Gasteiger partial charge in [0.05, 0.1) is 28.0 Å². The first-order chi connectivity index (χ1) is 14.0. The van der Waals surface area contributed by atoms with E-state index in [-0.39, 0.29) is 17.6 Å². The van der Waals surface area contributed by atoms with Crippen LogP contribution in [-0.2, 0) is 0 Å². The predicted molar refractivity (Wildman–Crippen MR) is 111 cm³/mol. The van der Waals surface area contributed by atoms with E-state index in [4.69, 9.17) is 16.0 Å². The van der Waals surface area contributed by atoms with Crippen LogP contribution in [0.25, 0.3) is 22.8 Å². The zero-order valence-electron chi connectivity index (χ0n) is 15.4. The highest BCUT2D eigenvalue weighted by Crippen LogP contribution is 2.30. The van der Waals surface area contributed by atoms with E-state index in [1.54, 1.807) is 54.6 Å². The maximum Gasteiger partial charge on any atom is 0.256 e. The van der Waals surface area contributed by atoms with Crippen molar-refractivity contribution in [1.82, 2.24) is 4.98 Å². The SMILES string of the molecule is Cc1ccc(NC(=O)c2ccccc2-c2ncc(-c3ccccc3F)o2)c(Cl)c1. The second-order valence-electron chi connectivity index (χ2n) is 6.49. The van der Waals surface area contributed by atoms with Gasteiger partial charge in [-0.1, -0.05) is 41.9 Å². The van der Waals surface area contributed by atoms with Crippen molar-refractivity contribution in [3.05, 3.63) is 94.9 Å². The summed E-state index contributed by atoms with van der Waals surface area (Å²) in [5, 5.41) is 3.26. The van der Waals surface area contributed by atoms with E-state index in [1.165, 1.54) is 12.3 Å². The van der Waals surface area contributed by atoms with Crippen LogP contribution >= 0.6 is 11.6 Å². The minimum absolute atomic E-state index is 0.226. The summed E-state index contributed by atoms with van der Waals surface area (Å²) >= 11 is 6.22. The third-order valence-corrected chi connectivity index (χ3v) is 4.73. The third kappa shape index (κ3) is 3.91. The van der Waals surface area contributed by atoms with Gasteiger partial charge in [-0.15, -0.1) is 0 Å². The first-order valence-electron chi connectivity index (χ1n) is 8.90. The number of halogens is 2. The number of hydrogen-bond acceptors (Lipinski definition) is 3. The summed E-state index contributed by atoms with van der Waals surface area (Å²) in [7, 11) is 0. The van der Waals surface area contributed by atoms with Crippen LogP contribution in [0.15, 0.2) is 77.3 Å². The summed E-state index contributed by atoms with van der Waals surface area (Å²) < 4.78 is 19.8. The molecule has 0 bridgehead atoms. The van der Waals surface area contributed by atoms with E-state index < -0.39 is 5.82 Å². The molecular formula is C23H16ClFN2O2. The molecule has 4 aromatic rings. The molecule has 0 unspecified atom stereocenters. The number of nitrogens with one attached hydrogen (secondary N) is 1. The molecule has 144 valence electrons. The Bertz CT molecular complexity index is 1200. The number of rotatable bonds is 4. The van der Waals surface area contributed by atoms with Crippen LogP contribution in [0.3, 0.4) is 0 Å². The number of carbonyl (C=O) groups is 1. The Morgan fingerprint density at radius 2 is 1.76 bits per heavy atom. The topological polar surface area (TPSA) is 55.1 Å². The number of oxazole rings is 1. The second kappa shape index (κ2) is 7.89. The highest BCUT2D eigenvalue weighted by Gasteiger charge is 2.18. The van der Waals surface area contributed by atoms with E-state index in [9.17, 15) is 9.18 Å². The summed E-state index contributed by atoms with van der Waals surface area (Å²) in [6, 6.07) is 18.6. The zero-order chi connectivity index (χ0) is 20.4. The normalized spacial score (nSPS) is 10.7. The number of amides is 1. The first-order valence-corrected chi connectivity index (χ1v) is 9.28. The third-order valence-electron chi connectivity index (χ3n) is 4.42. The molecule has 0 saturated carbocycles. The molecule has 29 heavy (non-hydrogen) atoms. The molecule has 4 rings (SSSR count). The van der Waals surface area contributed by atoms with Crippen LogP contribution in [-0.4, -0.2) is 10.9 Å². The van der Waals surface area contributed by atoms with Crippen molar-refractivity contribution in [3.8, 4) is 22.8 Å². The lowest BCUT2D eigenvalue weighted by Crippen LogP contribution is -2.13. The van der Waals surface area contributed by atoms with Crippen LogP contribution in [0.2, 0.25) is 5.02 Å². The van der Waals surface area contributed by atoms with Crippen LogP contribution in [0.4, 0.5) is 10.1 Å². The fourth-order valence-corrected chi connectivity index (χ4v) is 3.25. The van der Waals surface area contributed by atoms with Gasteiger partial charge in [-0.25, -0.2) is 9.37 Å². The summed E-state index contributed by atoms with van der Waals surface area (Å²) in [4.78, 5) is 17.1. The van der Waals surface area contributed by atoms with E-state index in [0.717, 1.165) is 5.56 Å². The standard InChI is InChI=1S/C23H16ClFN2O2/c1-14-10-11-20(18(24)12-14)27-22(28)15-6-2-3-7-16(15)23-26-13-21(29-23)17-8-4-5-9-19(17)25/h2-13H,1H3,(H,27,28). The van der Waals surface area contributed by atoms with Gasteiger partial charge in [-0.05, 0) is 48.9 Å². The van der Waals surface area contributed by atoms with Gasteiger partial charge >= 0.3 is 0 Å². The van der Waals surface area contributed by atoms with Crippen molar-refractivity contribution in [2.75, 3.05) is 5.32 Å². The number of aromatic nitrogens is 1. The van der Waals surface area contributed by atoms with Crippen molar-refractivity contribution in [1.29, 1.82) is 0 Å². The van der Waals surface area contributed by atoms with Gasteiger partial charge in [-0.2, -0.15) is 0 Å². The Labute approximate surface area is 172 Å². The van der Waals surface area contributed by atoms with Crippen LogP contribution in [0.1, 0.15) is 15.9 Å². The molecule has 0 aliphatic carbocycles. The summed E-state index contributed by atoms with van der Waals surface area (Å²) in [6.07, 6.45) is 1.44. The molecule has 1 amide bonds. The van der Waals surface area contributed by atoms with Gasteiger partial charge in [0, 0.05) is 5.56 Å². The molecule has 0 radical (unpaired) electrons. The fourth-order valence-electron chi connectivity index (χ4n) is 2.96. The van der Waals surface area contributed by atoms with E-state index in [2.05, 4.69) is 10.3 Å². The molecule has 4 nitrogen and oxygen atoms in total. The lowest BCUT2D eigenvalue weighted by Gasteiger charge is -2.10. The Morgan fingerprint density at radius 3 is 2.52 bits per heavy atom. The van der Waals surface area contributed by atoms with E-state index in [0.29, 0.717) is 27.4 Å². The minimum Gasteiger partial charge on any atom is -0.436 e. The number of benzene rings is 3. The number of anilines is 1. The van der Waals surface area contributed by atoms with Crippen molar-refractivity contribution < 1.29 is 13.6 Å². The zero-order valence-corrected chi connectivity index (χ0v) is 16.2. The highest BCUT2D eigenvalue weighted by molar-refractivity contribution is 6.34. The van der Waals surface area contributed by atoms with E-state index >= 15 is 0 Å². The molecule has 1 N–H and O–H groups in total. The minimum atomic E-state index is -0.407. The van der Waals surface area contributed by atoms with E-state index in [1.807, 2.05) is 13.0 Å². The Hall–Kier alpha value is -3.44. The van der Waals surface area contributed by atoms with Crippen LogP contribution in [0.5, 0.6) is 0 Å². The molecule has 6 heteroatoms. The summed E-state index contributed by atoms with van der Waals surface area (Å²) in [5.41, 5.74) is 2.67. The Morgan fingerprint density at radius 1 is 1.03 bits per heavy atom. The molecular weight excluding hydrogens is 391 g/mol. The predicted octanol–water partition coefficient (Wildman–Crippen LogP) is 6.36. The molecule has 0 saturated heterocycles. The number of aryl methyl sites for hydroxylation is 1. The van der Waals surface area contributed by atoms with Crippen molar-refractivity contribution in [3.63, 3.8) is 0 Å². The lowest BCUT2D eigenvalue weighted by atomic mass is 10.1. The average molecular weight is 407 g/mol. The van der Waals surface area contributed by atoms with Gasteiger partial charge in [0.25, 0.3) is 5.91 Å². The summed E-state index contributed by atoms with van der Waals surface area (Å²) in [5.74, 6) is -0.244. The monoisotopic (exact) mass is 406 g/mol. The van der Waals surface area contributed by atoms with Crippen molar-refractivity contribution in [2.24, 2.45) is 0 Å². The molecule has 0 aliphatic rings. The van der Waals surface area contributed by atoms with Gasteiger partial charge < -0.3 is 9.73 Å². The van der Waals surface area contributed by atoms with Gasteiger partial charge in [0.15, 0.2) is 5.76 Å². The van der Waals surface area contributed by atoms with Crippen molar-refractivity contribution >= 4 is 23.2 Å².